The van der Waals surface area contributed by atoms with E-state index in [-0.39, 0.29) is 11.9 Å². The lowest BCUT2D eigenvalue weighted by molar-refractivity contribution is -0.131. The molecule has 1 heterocycles. The predicted molar refractivity (Wildman–Crippen MR) is 66.5 cm³/mol. The van der Waals surface area contributed by atoms with Crippen LogP contribution in [-0.4, -0.2) is 43.7 Å². The third-order valence-corrected chi connectivity index (χ3v) is 4.48. The van der Waals surface area contributed by atoms with Crippen molar-refractivity contribution in [2.75, 3.05) is 26.8 Å². The van der Waals surface area contributed by atoms with Crippen molar-refractivity contribution in [2.45, 2.75) is 38.6 Å². The Morgan fingerprint density at radius 2 is 2.18 bits per heavy atom. The molecule has 1 spiro atoms. The fourth-order valence-corrected chi connectivity index (χ4v) is 3.57. The van der Waals surface area contributed by atoms with Gasteiger partial charge in [-0.2, -0.15) is 0 Å². The monoisotopic (exact) mass is 240 g/mol. The SMILES string of the molecule is COCC1CN(C(=O)C(C)N)CC12CCCC2. The highest BCUT2D eigenvalue weighted by atomic mass is 16.5. The highest BCUT2D eigenvalue weighted by molar-refractivity contribution is 5.81. The number of rotatable bonds is 3. The second kappa shape index (κ2) is 4.94. The minimum Gasteiger partial charge on any atom is -0.384 e. The molecule has 1 amide bonds. The molecule has 1 aliphatic carbocycles. The van der Waals surface area contributed by atoms with Gasteiger partial charge in [-0.15, -0.1) is 0 Å². The van der Waals surface area contributed by atoms with Gasteiger partial charge in [0.2, 0.25) is 5.91 Å². The van der Waals surface area contributed by atoms with Crippen molar-refractivity contribution in [1.82, 2.24) is 4.90 Å². The Balaban J connectivity index is 2.09. The third kappa shape index (κ3) is 2.33. The molecule has 2 aliphatic rings. The second-order valence-corrected chi connectivity index (χ2v) is 5.73. The summed E-state index contributed by atoms with van der Waals surface area (Å²) in [6.07, 6.45) is 5.06. The minimum absolute atomic E-state index is 0.0925. The Bertz CT molecular complexity index is 285. The van der Waals surface area contributed by atoms with Gasteiger partial charge in [0, 0.05) is 26.1 Å². The summed E-state index contributed by atoms with van der Waals surface area (Å²) in [5.74, 6) is 0.590. The quantitative estimate of drug-likeness (QED) is 0.800. The summed E-state index contributed by atoms with van der Waals surface area (Å²) in [6, 6.07) is -0.380. The molecular weight excluding hydrogens is 216 g/mol. The molecule has 0 aromatic rings. The van der Waals surface area contributed by atoms with E-state index in [2.05, 4.69) is 0 Å². The van der Waals surface area contributed by atoms with E-state index in [0.717, 1.165) is 19.7 Å². The Kier molecular flexibility index (Phi) is 3.73. The number of likely N-dealkylation sites (tertiary alicyclic amines) is 1. The smallest absolute Gasteiger partial charge is 0.239 e. The fourth-order valence-electron chi connectivity index (χ4n) is 3.57. The van der Waals surface area contributed by atoms with Crippen LogP contribution in [0.2, 0.25) is 0 Å². The predicted octanol–water partition coefficient (Wildman–Crippen LogP) is 0.999. The number of ether oxygens (including phenoxy) is 1. The number of methoxy groups -OCH3 is 1. The molecule has 98 valence electrons. The van der Waals surface area contributed by atoms with Crippen molar-refractivity contribution in [3.05, 3.63) is 0 Å². The molecule has 1 saturated heterocycles. The largest absolute Gasteiger partial charge is 0.384 e. The van der Waals surface area contributed by atoms with Gasteiger partial charge in [0.05, 0.1) is 12.6 Å². The van der Waals surface area contributed by atoms with Crippen LogP contribution in [0.1, 0.15) is 32.6 Å². The van der Waals surface area contributed by atoms with Crippen molar-refractivity contribution in [3.8, 4) is 0 Å². The molecule has 1 aliphatic heterocycles. The summed E-state index contributed by atoms with van der Waals surface area (Å²) >= 11 is 0. The van der Waals surface area contributed by atoms with E-state index < -0.39 is 0 Å². The first-order chi connectivity index (χ1) is 8.09. The number of nitrogens with zero attached hydrogens (tertiary/aromatic N) is 1. The van der Waals surface area contributed by atoms with Crippen LogP contribution in [-0.2, 0) is 9.53 Å². The molecule has 2 unspecified atom stereocenters. The highest BCUT2D eigenvalue weighted by Crippen LogP contribution is 2.49. The molecule has 0 aromatic heterocycles. The summed E-state index contributed by atoms with van der Waals surface area (Å²) in [5, 5.41) is 0. The molecule has 2 N–H and O–H groups in total. The Hall–Kier alpha value is -0.610. The van der Waals surface area contributed by atoms with E-state index in [4.69, 9.17) is 10.5 Å². The maximum atomic E-state index is 12.0. The zero-order chi connectivity index (χ0) is 12.5. The van der Waals surface area contributed by atoms with E-state index in [9.17, 15) is 4.79 Å². The molecule has 17 heavy (non-hydrogen) atoms. The van der Waals surface area contributed by atoms with Crippen LogP contribution >= 0.6 is 0 Å². The normalized spacial score (nSPS) is 28.9. The highest BCUT2D eigenvalue weighted by Gasteiger charge is 2.49. The van der Waals surface area contributed by atoms with Crippen LogP contribution in [0.4, 0.5) is 0 Å². The number of hydrogen-bond donors (Lipinski definition) is 1. The van der Waals surface area contributed by atoms with Crippen LogP contribution in [0.3, 0.4) is 0 Å². The van der Waals surface area contributed by atoms with Crippen LogP contribution < -0.4 is 5.73 Å². The van der Waals surface area contributed by atoms with Crippen molar-refractivity contribution in [1.29, 1.82) is 0 Å². The van der Waals surface area contributed by atoms with Gasteiger partial charge >= 0.3 is 0 Å². The Labute approximate surface area is 103 Å². The van der Waals surface area contributed by atoms with Gasteiger partial charge in [0.25, 0.3) is 0 Å². The number of carbonyl (C=O) groups excluding carboxylic acids is 1. The van der Waals surface area contributed by atoms with Crippen molar-refractivity contribution < 1.29 is 9.53 Å². The van der Waals surface area contributed by atoms with E-state index >= 15 is 0 Å². The molecule has 2 rings (SSSR count). The molecule has 4 heteroatoms. The van der Waals surface area contributed by atoms with Gasteiger partial charge in [0.15, 0.2) is 0 Å². The van der Waals surface area contributed by atoms with E-state index in [1.807, 2.05) is 4.90 Å². The average molecular weight is 240 g/mol. The van der Waals surface area contributed by atoms with Crippen LogP contribution in [0.25, 0.3) is 0 Å². The molecule has 2 fully saturated rings. The first-order valence-electron chi connectivity index (χ1n) is 6.62. The Morgan fingerprint density at radius 1 is 1.53 bits per heavy atom. The number of nitrogens with two attached hydrogens (primary N) is 1. The maximum Gasteiger partial charge on any atom is 0.239 e. The lowest BCUT2D eigenvalue weighted by atomic mass is 9.77. The van der Waals surface area contributed by atoms with Gasteiger partial charge in [-0.25, -0.2) is 0 Å². The molecule has 0 bridgehead atoms. The fraction of sp³-hybridized carbons (Fsp3) is 0.923. The summed E-state index contributed by atoms with van der Waals surface area (Å²) in [4.78, 5) is 14.0. The van der Waals surface area contributed by atoms with Crippen LogP contribution in [0.5, 0.6) is 0 Å². The second-order valence-electron chi connectivity index (χ2n) is 5.73. The van der Waals surface area contributed by atoms with E-state index in [1.54, 1.807) is 14.0 Å². The summed E-state index contributed by atoms with van der Waals surface area (Å²) in [5.41, 5.74) is 6.02. The maximum absolute atomic E-state index is 12.0. The zero-order valence-electron chi connectivity index (χ0n) is 10.9. The Morgan fingerprint density at radius 3 is 2.71 bits per heavy atom. The molecule has 0 aromatic carbocycles. The van der Waals surface area contributed by atoms with Gasteiger partial charge in [0.1, 0.15) is 0 Å². The van der Waals surface area contributed by atoms with Gasteiger partial charge in [-0.1, -0.05) is 12.8 Å². The minimum atomic E-state index is -0.380. The standard InChI is InChI=1S/C13H24N2O2/c1-10(14)12(16)15-7-11(8-17-2)13(9-15)5-3-4-6-13/h10-11H,3-9,14H2,1-2H3. The van der Waals surface area contributed by atoms with Crippen LogP contribution in [0, 0.1) is 11.3 Å². The van der Waals surface area contributed by atoms with Crippen molar-refractivity contribution in [3.63, 3.8) is 0 Å². The third-order valence-electron chi connectivity index (χ3n) is 4.48. The van der Waals surface area contributed by atoms with Crippen molar-refractivity contribution in [2.24, 2.45) is 17.1 Å². The summed E-state index contributed by atoms with van der Waals surface area (Å²) < 4.78 is 5.33. The number of amides is 1. The van der Waals surface area contributed by atoms with Gasteiger partial charge < -0.3 is 15.4 Å². The first-order valence-corrected chi connectivity index (χ1v) is 6.62. The lowest BCUT2D eigenvalue weighted by Crippen LogP contribution is -2.41. The number of carbonyl (C=O) groups is 1. The lowest BCUT2D eigenvalue weighted by Gasteiger charge is -2.29. The number of hydrogen-bond acceptors (Lipinski definition) is 3. The van der Waals surface area contributed by atoms with E-state index in [0.29, 0.717) is 11.3 Å². The molecule has 0 radical (unpaired) electrons. The van der Waals surface area contributed by atoms with Crippen LogP contribution in [0.15, 0.2) is 0 Å². The first kappa shape index (κ1) is 12.8. The molecular formula is C13H24N2O2. The summed E-state index contributed by atoms with van der Waals surface area (Å²) in [6.45, 7) is 4.26. The molecule has 4 nitrogen and oxygen atoms in total. The summed E-state index contributed by atoms with van der Waals surface area (Å²) in [7, 11) is 1.75. The zero-order valence-corrected chi connectivity index (χ0v) is 10.9. The van der Waals surface area contributed by atoms with E-state index in [1.165, 1.54) is 25.7 Å². The molecule has 2 atom stereocenters. The average Bonchev–Trinajstić information content (AvgIpc) is 2.88. The molecule has 1 saturated carbocycles. The van der Waals surface area contributed by atoms with Gasteiger partial charge in [-0.05, 0) is 25.2 Å². The topological polar surface area (TPSA) is 55.6 Å². The van der Waals surface area contributed by atoms with Gasteiger partial charge in [-0.3, -0.25) is 4.79 Å². The van der Waals surface area contributed by atoms with Crippen molar-refractivity contribution >= 4 is 5.91 Å².